The first-order valence-electron chi connectivity index (χ1n) is 7.22. The van der Waals surface area contributed by atoms with E-state index in [1.165, 1.54) is 0 Å². The Balaban J connectivity index is 1.97. The number of alkyl halides is 2. The Kier molecular flexibility index (Phi) is 4.32. The zero-order chi connectivity index (χ0) is 16.2. The summed E-state index contributed by atoms with van der Waals surface area (Å²) in [6.07, 6.45) is -2.72. The van der Waals surface area contributed by atoms with Gasteiger partial charge in [-0.25, -0.2) is 18.7 Å². The van der Waals surface area contributed by atoms with Crippen molar-refractivity contribution in [1.29, 1.82) is 0 Å². The van der Waals surface area contributed by atoms with E-state index < -0.39 is 12.2 Å². The van der Waals surface area contributed by atoms with Crippen LogP contribution >= 0.6 is 0 Å². The predicted octanol–water partition coefficient (Wildman–Crippen LogP) is 4.71. The molecule has 0 saturated carbocycles. The lowest BCUT2D eigenvalue weighted by Crippen LogP contribution is -2.02. The Morgan fingerprint density at radius 3 is 2.48 bits per heavy atom. The molecule has 2 aromatic carbocycles. The van der Waals surface area contributed by atoms with Crippen molar-refractivity contribution in [2.24, 2.45) is 0 Å². The van der Waals surface area contributed by atoms with E-state index in [-0.39, 0.29) is 0 Å². The minimum Gasteiger partial charge on any atom is -0.494 e. The van der Waals surface area contributed by atoms with Crippen molar-refractivity contribution in [1.82, 2.24) is 9.97 Å². The number of hydrogen-bond acceptors (Lipinski definition) is 4. The standard InChI is InChI=1S/C17H15F2N3O/c1-2-23-12-9-7-11(8-10-12)20-16-13-5-3-4-6-14(13)21-17(22-16)15(18)19/h3-10,15H,2H2,1H3,(H,20,21,22). The monoisotopic (exact) mass is 315 g/mol. The van der Waals surface area contributed by atoms with E-state index in [1.807, 2.05) is 37.3 Å². The lowest BCUT2D eigenvalue weighted by molar-refractivity contribution is 0.141. The minimum absolute atomic E-state index is 0.357. The van der Waals surface area contributed by atoms with Gasteiger partial charge >= 0.3 is 0 Å². The van der Waals surface area contributed by atoms with Crippen LogP contribution in [0.15, 0.2) is 48.5 Å². The molecule has 0 radical (unpaired) electrons. The summed E-state index contributed by atoms with van der Waals surface area (Å²) in [4.78, 5) is 7.85. The van der Waals surface area contributed by atoms with Crippen LogP contribution in [0, 0.1) is 0 Å². The largest absolute Gasteiger partial charge is 0.494 e. The Hall–Kier alpha value is -2.76. The molecule has 0 amide bonds. The maximum atomic E-state index is 13.0. The SMILES string of the molecule is CCOc1ccc(Nc2nc(C(F)F)nc3ccccc23)cc1. The molecule has 0 aliphatic heterocycles. The molecule has 6 heteroatoms. The summed E-state index contributed by atoms with van der Waals surface area (Å²) in [6, 6.07) is 14.3. The maximum absolute atomic E-state index is 13.0. The van der Waals surface area contributed by atoms with Gasteiger partial charge in [0.15, 0.2) is 5.82 Å². The Morgan fingerprint density at radius 1 is 1.04 bits per heavy atom. The van der Waals surface area contributed by atoms with E-state index in [1.54, 1.807) is 18.2 Å². The van der Waals surface area contributed by atoms with Crippen molar-refractivity contribution in [2.75, 3.05) is 11.9 Å². The van der Waals surface area contributed by atoms with Crippen LogP contribution in [-0.4, -0.2) is 16.6 Å². The predicted molar refractivity (Wildman–Crippen MR) is 85.4 cm³/mol. The molecule has 0 atom stereocenters. The quantitative estimate of drug-likeness (QED) is 0.740. The highest BCUT2D eigenvalue weighted by atomic mass is 19.3. The minimum atomic E-state index is -2.72. The number of anilines is 2. The molecule has 1 N–H and O–H groups in total. The van der Waals surface area contributed by atoms with Crippen molar-refractivity contribution >= 4 is 22.4 Å². The molecule has 0 aliphatic rings. The van der Waals surface area contributed by atoms with Gasteiger partial charge in [0.1, 0.15) is 11.6 Å². The van der Waals surface area contributed by atoms with Gasteiger partial charge in [-0.15, -0.1) is 0 Å². The van der Waals surface area contributed by atoms with Crippen LogP contribution in [-0.2, 0) is 0 Å². The molecule has 0 spiro atoms. The third kappa shape index (κ3) is 3.36. The fraction of sp³-hybridized carbons (Fsp3) is 0.176. The van der Waals surface area contributed by atoms with Crippen LogP contribution in [0.25, 0.3) is 10.9 Å². The van der Waals surface area contributed by atoms with Crippen LogP contribution < -0.4 is 10.1 Å². The first kappa shape index (κ1) is 15.1. The Bertz CT molecular complexity index is 807. The number of rotatable bonds is 5. The fourth-order valence-electron chi connectivity index (χ4n) is 2.23. The average Bonchev–Trinajstić information content (AvgIpc) is 2.56. The highest BCUT2D eigenvalue weighted by Crippen LogP contribution is 2.27. The highest BCUT2D eigenvalue weighted by molar-refractivity contribution is 5.90. The van der Waals surface area contributed by atoms with Crippen molar-refractivity contribution in [2.45, 2.75) is 13.3 Å². The number of para-hydroxylation sites is 1. The van der Waals surface area contributed by atoms with Crippen LogP contribution in [0.3, 0.4) is 0 Å². The van der Waals surface area contributed by atoms with E-state index in [4.69, 9.17) is 4.74 Å². The van der Waals surface area contributed by atoms with Crippen molar-refractivity contribution in [3.63, 3.8) is 0 Å². The fourth-order valence-corrected chi connectivity index (χ4v) is 2.23. The summed E-state index contributed by atoms with van der Waals surface area (Å²) < 4.78 is 31.3. The van der Waals surface area contributed by atoms with Crippen LogP contribution in [0.5, 0.6) is 5.75 Å². The van der Waals surface area contributed by atoms with E-state index in [0.717, 1.165) is 11.4 Å². The van der Waals surface area contributed by atoms with Crippen molar-refractivity contribution in [3.05, 3.63) is 54.4 Å². The lowest BCUT2D eigenvalue weighted by atomic mass is 10.2. The molecule has 0 aliphatic carbocycles. The molecule has 1 aromatic heterocycles. The van der Waals surface area contributed by atoms with Gasteiger partial charge in [-0.05, 0) is 43.3 Å². The molecule has 3 aromatic rings. The molecule has 0 bridgehead atoms. The maximum Gasteiger partial charge on any atom is 0.297 e. The van der Waals surface area contributed by atoms with Crippen molar-refractivity contribution in [3.8, 4) is 5.75 Å². The van der Waals surface area contributed by atoms with Gasteiger partial charge in [0.05, 0.1) is 12.1 Å². The second kappa shape index (κ2) is 6.56. The molecular weight excluding hydrogens is 300 g/mol. The smallest absolute Gasteiger partial charge is 0.297 e. The van der Waals surface area contributed by atoms with E-state index in [0.29, 0.717) is 23.3 Å². The number of benzene rings is 2. The molecule has 4 nitrogen and oxygen atoms in total. The molecule has 118 valence electrons. The summed E-state index contributed by atoms with van der Waals surface area (Å²) in [5, 5.41) is 3.76. The van der Waals surface area contributed by atoms with Crippen molar-refractivity contribution < 1.29 is 13.5 Å². The van der Waals surface area contributed by atoms with Crippen LogP contribution in [0.4, 0.5) is 20.3 Å². The first-order valence-corrected chi connectivity index (χ1v) is 7.22. The number of nitrogens with one attached hydrogen (secondary N) is 1. The average molecular weight is 315 g/mol. The Labute approximate surface area is 132 Å². The first-order chi connectivity index (χ1) is 11.2. The zero-order valence-electron chi connectivity index (χ0n) is 12.5. The summed E-state index contributed by atoms with van der Waals surface area (Å²) in [5.74, 6) is 0.617. The number of aromatic nitrogens is 2. The van der Waals surface area contributed by atoms with Gasteiger partial charge in [0.25, 0.3) is 6.43 Å². The highest BCUT2D eigenvalue weighted by Gasteiger charge is 2.15. The molecule has 0 fully saturated rings. The molecule has 0 saturated heterocycles. The summed E-state index contributed by atoms with van der Waals surface area (Å²) >= 11 is 0. The van der Waals surface area contributed by atoms with Gasteiger partial charge < -0.3 is 10.1 Å². The number of nitrogens with zero attached hydrogens (tertiary/aromatic N) is 2. The van der Waals surface area contributed by atoms with E-state index in [9.17, 15) is 8.78 Å². The van der Waals surface area contributed by atoms with Gasteiger partial charge in [0, 0.05) is 11.1 Å². The molecule has 0 unspecified atom stereocenters. The zero-order valence-corrected chi connectivity index (χ0v) is 12.5. The number of ether oxygens (including phenoxy) is 1. The van der Waals surface area contributed by atoms with Crippen LogP contribution in [0.2, 0.25) is 0 Å². The number of halogens is 2. The van der Waals surface area contributed by atoms with Gasteiger partial charge in [-0.3, -0.25) is 0 Å². The summed E-state index contributed by atoms with van der Waals surface area (Å²) in [7, 11) is 0. The summed E-state index contributed by atoms with van der Waals surface area (Å²) in [5.41, 5.74) is 1.21. The summed E-state index contributed by atoms with van der Waals surface area (Å²) in [6.45, 7) is 2.49. The van der Waals surface area contributed by atoms with E-state index in [2.05, 4.69) is 15.3 Å². The van der Waals surface area contributed by atoms with Gasteiger partial charge in [-0.2, -0.15) is 0 Å². The second-order valence-electron chi connectivity index (χ2n) is 4.83. The normalized spacial score (nSPS) is 11.0. The lowest BCUT2D eigenvalue weighted by Gasteiger charge is -2.11. The van der Waals surface area contributed by atoms with Crippen LogP contribution in [0.1, 0.15) is 19.2 Å². The number of hydrogen-bond donors (Lipinski definition) is 1. The third-order valence-corrected chi connectivity index (χ3v) is 3.24. The van der Waals surface area contributed by atoms with Gasteiger partial charge in [-0.1, -0.05) is 12.1 Å². The second-order valence-corrected chi connectivity index (χ2v) is 4.83. The topological polar surface area (TPSA) is 47.0 Å². The molecular formula is C17H15F2N3O. The Morgan fingerprint density at radius 2 is 1.78 bits per heavy atom. The number of fused-ring (bicyclic) bond motifs is 1. The molecule has 23 heavy (non-hydrogen) atoms. The molecule has 3 rings (SSSR count). The van der Waals surface area contributed by atoms with Gasteiger partial charge in [0.2, 0.25) is 0 Å². The van der Waals surface area contributed by atoms with E-state index >= 15 is 0 Å². The molecule has 1 heterocycles. The third-order valence-electron chi connectivity index (χ3n) is 3.24.